The minimum absolute atomic E-state index is 0.129. The Kier molecular flexibility index (Phi) is 4.73. The van der Waals surface area contributed by atoms with Crippen molar-refractivity contribution in [1.29, 1.82) is 0 Å². The van der Waals surface area contributed by atoms with E-state index in [2.05, 4.69) is 19.7 Å². The summed E-state index contributed by atoms with van der Waals surface area (Å²) >= 11 is 0. The van der Waals surface area contributed by atoms with Gasteiger partial charge in [-0.05, 0) is 18.2 Å². The van der Waals surface area contributed by atoms with Crippen LogP contribution in [0.2, 0.25) is 0 Å². The van der Waals surface area contributed by atoms with Crippen molar-refractivity contribution in [3.05, 3.63) is 49.1 Å². The highest BCUT2D eigenvalue weighted by Gasteiger charge is 2.19. The molecule has 0 radical (unpaired) electrons. The van der Waals surface area contributed by atoms with E-state index in [1.807, 2.05) is 0 Å². The Morgan fingerprint density at radius 2 is 1.81 bits per heavy atom. The number of ether oxygens (including phenoxy) is 2. The van der Waals surface area contributed by atoms with Gasteiger partial charge in [-0.2, -0.15) is 0 Å². The fraction of sp³-hybridized carbons (Fsp3) is 0.235. The molecule has 1 aromatic carbocycles. The summed E-state index contributed by atoms with van der Waals surface area (Å²) in [6.45, 7) is 1.43. The molecule has 0 spiro atoms. The topological polar surface area (TPSA) is 108 Å². The van der Waals surface area contributed by atoms with Gasteiger partial charge in [0.15, 0.2) is 23.1 Å². The minimum atomic E-state index is -3.68. The van der Waals surface area contributed by atoms with Crippen molar-refractivity contribution in [1.82, 2.24) is 24.2 Å². The quantitative estimate of drug-likeness (QED) is 0.674. The SMILES string of the molecule is O=S(=O)(NCCn1ccnc1-c1ncccn1)c1ccc2c(c1)OCCO2. The summed E-state index contributed by atoms with van der Waals surface area (Å²) in [5, 5.41) is 0. The van der Waals surface area contributed by atoms with E-state index < -0.39 is 10.0 Å². The molecule has 27 heavy (non-hydrogen) atoms. The molecule has 0 bridgehead atoms. The third kappa shape index (κ3) is 3.76. The summed E-state index contributed by atoms with van der Waals surface area (Å²) in [6, 6.07) is 6.29. The summed E-state index contributed by atoms with van der Waals surface area (Å²) in [4.78, 5) is 12.7. The number of rotatable bonds is 6. The molecule has 1 aliphatic heterocycles. The zero-order valence-corrected chi connectivity index (χ0v) is 15.1. The fourth-order valence-corrected chi connectivity index (χ4v) is 3.72. The van der Waals surface area contributed by atoms with Gasteiger partial charge in [0, 0.05) is 43.9 Å². The van der Waals surface area contributed by atoms with Crippen LogP contribution in [-0.2, 0) is 16.6 Å². The first-order valence-corrected chi connectivity index (χ1v) is 9.80. The van der Waals surface area contributed by atoms with Crippen molar-refractivity contribution in [2.45, 2.75) is 11.4 Å². The highest BCUT2D eigenvalue weighted by Crippen LogP contribution is 2.32. The molecule has 0 saturated carbocycles. The number of sulfonamides is 1. The molecule has 0 amide bonds. The predicted molar refractivity (Wildman–Crippen MR) is 95.9 cm³/mol. The Morgan fingerprint density at radius 1 is 1.04 bits per heavy atom. The van der Waals surface area contributed by atoms with Crippen LogP contribution >= 0.6 is 0 Å². The Morgan fingerprint density at radius 3 is 2.63 bits per heavy atom. The second kappa shape index (κ2) is 7.33. The first-order chi connectivity index (χ1) is 13.1. The van der Waals surface area contributed by atoms with Crippen molar-refractivity contribution >= 4 is 10.0 Å². The van der Waals surface area contributed by atoms with Gasteiger partial charge in [-0.25, -0.2) is 28.1 Å². The average Bonchev–Trinajstić information content (AvgIpc) is 3.16. The second-order valence-electron chi connectivity index (χ2n) is 5.72. The standard InChI is InChI=1S/C17H17N5O4S/c23-27(24,13-2-3-14-15(12-13)26-11-10-25-14)21-7-9-22-8-6-20-17(22)16-18-4-1-5-19-16/h1-6,8,12,21H,7,9-11H2. The molecule has 0 aliphatic carbocycles. The van der Waals surface area contributed by atoms with E-state index in [4.69, 9.17) is 9.47 Å². The Bertz CT molecular complexity index is 1040. The number of hydrogen-bond donors (Lipinski definition) is 1. The van der Waals surface area contributed by atoms with Crippen LogP contribution in [0, 0.1) is 0 Å². The molecule has 9 nitrogen and oxygen atoms in total. The van der Waals surface area contributed by atoms with Crippen LogP contribution in [0.25, 0.3) is 11.6 Å². The van der Waals surface area contributed by atoms with E-state index in [1.54, 1.807) is 41.5 Å². The molecular formula is C17H17N5O4S. The molecule has 0 atom stereocenters. The zero-order chi connectivity index (χ0) is 18.7. The van der Waals surface area contributed by atoms with Crippen molar-refractivity contribution in [2.24, 2.45) is 0 Å². The number of nitrogens with one attached hydrogen (secondary N) is 1. The molecule has 140 valence electrons. The van der Waals surface area contributed by atoms with Gasteiger partial charge >= 0.3 is 0 Å². The monoisotopic (exact) mass is 387 g/mol. The van der Waals surface area contributed by atoms with Crippen LogP contribution in [0.5, 0.6) is 11.5 Å². The lowest BCUT2D eigenvalue weighted by molar-refractivity contribution is 0.171. The van der Waals surface area contributed by atoms with Gasteiger partial charge in [0.2, 0.25) is 10.0 Å². The summed E-state index contributed by atoms with van der Waals surface area (Å²) < 4.78 is 40.3. The maximum atomic E-state index is 12.5. The maximum absolute atomic E-state index is 12.5. The van der Waals surface area contributed by atoms with Gasteiger partial charge in [-0.15, -0.1) is 0 Å². The second-order valence-corrected chi connectivity index (χ2v) is 7.49. The lowest BCUT2D eigenvalue weighted by atomic mass is 10.3. The molecule has 0 saturated heterocycles. The van der Waals surface area contributed by atoms with Gasteiger partial charge in [0.25, 0.3) is 0 Å². The number of imidazole rings is 1. The Balaban J connectivity index is 1.44. The van der Waals surface area contributed by atoms with E-state index in [0.29, 0.717) is 42.9 Å². The molecular weight excluding hydrogens is 370 g/mol. The lowest BCUT2D eigenvalue weighted by Crippen LogP contribution is -2.27. The highest BCUT2D eigenvalue weighted by molar-refractivity contribution is 7.89. The Hall–Kier alpha value is -2.98. The van der Waals surface area contributed by atoms with E-state index in [9.17, 15) is 8.42 Å². The first-order valence-electron chi connectivity index (χ1n) is 8.31. The zero-order valence-electron chi connectivity index (χ0n) is 14.3. The van der Waals surface area contributed by atoms with Crippen molar-refractivity contribution < 1.29 is 17.9 Å². The smallest absolute Gasteiger partial charge is 0.240 e. The molecule has 3 aromatic rings. The molecule has 2 aromatic heterocycles. The summed E-state index contributed by atoms with van der Waals surface area (Å²) in [5.74, 6) is 2.04. The van der Waals surface area contributed by atoms with Crippen molar-refractivity contribution in [3.63, 3.8) is 0 Å². The number of aromatic nitrogens is 4. The normalized spacial score (nSPS) is 13.5. The van der Waals surface area contributed by atoms with Crippen molar-refractivity contribution in [3.8, 4) is 23.1 Å². The van der Waals surface area contributed by atoms with E-state index in [0.717, 1.165) is 0 Å². The summed E-state index contributed by atoms with van der Waals surface area (Å²) in [7, 11) is -3.68. The largest absolute Gasteiger partial charge is 0.486 e. The van der Waals surface area contributed by atoms with Crippen LogP contribution in [0.1, 0.15) is 0 Å². The Labute approximate surface area is 156 Å². The summed E-state index contributed by atoms with van der Waals surface area (Å²) in [5.41, 5.74) is 0. The third-order valence-electron chi connectivity index (χ3n) is 3.95. The van der Waals surface area contributed by atoms with Crippen LogP contribution < -0.4 is 14.2 Å². The van der Waals surface area contributed by atoms with E-state index in [1.165, 1.54) is 12.1 Å². The van der Waals surface area contributed by atoms with Gasteiger partial charge < -0.3 is 14.0 Å². The predicted octanol–water partition coefficient (Wildman–Crippen LogP) is 1.09. The molecule has 4 rings (SSSR count). The number of hydrogen-bond acceptors (Lipinski definition) is 7. The molecule has 0 fully saturated rings. The lowest BCUT2D eigenvalue weighted by Gasteiger charge is -2.19. The maximum Gasteiger partial charge on any atom is 0.240 e. The molecule has 10 heteroatoms. The van der Waals surface area contributed by atoms with Crippen molar-refractivity contribution in [2.75, 3.05) is 19.8 Å². The van der Waals surface area contributed by atoms with E-state index in [-0.39, 0.29) is 11.4 Å². The third-order valence-corrected chi connectivity index (χ3v) is 5.41. The van der Waals surface area contributed by atoms with Gasteiger partial charge in [-0.3, -0.25) is 0 Å². The molecule has 3 heterocycles. The highest BCUT2D eigenvalue weighted by atomic mass is 32.2. The molecule has 1 aliphatic rings. The average molecular weight is 387 g/mol. The van der Waals surface area contributed by atoms with Crippen LogP contribution in [-0.4, -0.2) is 47.7 Å². The molecule has 0 unspecified atom stereocenters. The van der Waals surface area contributed by atoms with Gasteiger partial charge in [0.05, 0.1) is 4.90 Å². The van der Waals surface area contributed by atoms with Crippen LogP contribution in [0.4, 0.5) is 0 Å². The summed E-state index contributed by atoms with van der Waals surface area (Å²) in [6.07, 6.45) is 6.64. The van der Waals surface area contributed by atoms with Gasteiger partial charge in [-0.1, -0.05) is 0 Å². The van der Waals surface area contributed by atoms with Crippen LogP contribution in [0.3, 0.4) is 0 Å². The first kappa shape index (κ1) is 17.4. The minimum Gasteiger partial charge on any atom is -0.486 e. The number of benzene rings is 1. The molecule has 1 N–H and O–H groups in total. The number of fused-ring (bicyclic) bond motifs is 1. The van der Waals surface area contributed by atoms with E-state index >= 15 is 0 Å². The fourth-order valence-electron chi connectivity index (χ4n) is 2.68. The van der Waals surface area contributed by atoms with Crippen LogP contribution in [0.15, 0.2) is 53.9 Å². The number of nitrogens with zero attached hydrogens (tertiary/aromatic N) is 4. The van der Waals surface area contributed by atoms with Gasteiger partial charge in [0.1, 0.15) is 13.2 Å².